The molecule has 0 saturated heterocycles. The Kier molecular flexibility index (Phi) is 3.43. The van der Waals surface area contributed by atoms with Gasteiger partial charge in [-0.25, -0.2) is 0 Å². The minimum absolute atomic E-state index is 0.0202. The summed E-state index contributed by atoms with van der Waals surface area (Å²) in [6, 6.07) is 11.7. The fourth-order valence-corrected chi connectivity index (χ4v) is 3.34. The zero-order chi connectivity index (χ0) is 13.4. The molecule has 2 nitrogen and oxygen atoms in total. The molecule has 19 heavy (non-hydrogen) atoms. The summed E-state index contributed by atoms with van der Waals surface area (Å²) >= 11 is 2.25. The Labute approximate surface area is 125 Å². The van der Waals surface area contributed by atoms with Gasteiger partial charge in [-0.05, 0) is 50.9 Å². The molecule has 1 aliphatic carbocycles. The van der Waals surface area contributed by atoms with Crippen LogP contribution < -0.4 is 0 Å². The van der Waals surface area contributed by atoms with E-state index in [1.807, 2.05) is 48.6 Å². The molecular weight excluding hydrogens is 351 g/mol. The lowest BCUT2D eigenvalue weighted by molar-refractivity contribution is 0.218. The van der Waals surface area contributed by atoms with Gasteiger partial charge >= 0.3 is 0 Å². The molecule has 0 aromatic heterocycles. The van der Waals surface area contributed by atoms with E-state index in [1.54, 1.807) is 0 Å². The number of halogens is 1. The number of hydrogen-bond donors (Lipinski definition) is 2. The summed E-state index contributed by atoms with van der Waals surface area (Å²) in [4.78, 5) is 0. The third-order valence-electron chi connectivity index (χ3n) is 3.48. The number of benzene rings is 2. The highest BCUT2D eigenvalue weighted by Gasteiger charge is 2.22. The van der Waals surface area contributed by atoms with E-state index in [9.17, 15) is 10.2 Å². The fraction of sp³-hybridized carbons (Fsp3) is 0.125. The van der Waals surface area contributed by atoms with Crippen molar-refractivity contribution in [2.75, 3.05) is 0 Å². The van der Waals surface area contributed by atoms with Crippen LogP contribution in [-0.4, -0.2) is 10.2 Å². The lowest BCUT2D eigenvalue weighted by Gasteiger charge is -2.17. The van der Waals surface area contributed by atoms with E-state index in [4.69, 9.17) is 0 Å². The lowest BCUT2D eigenvalue weighted by Crippen LogP contribution is -2.06. The first-order chi connectivity index (χ1) is 9.22. The van der Waals surface area contributed by atoms with Crippen molar-refractivity contribution in [3.05, 3.63) is 67.8 Å². The zero-order valence-electron chi connectivity index (χ0n) is 10.2. The molecule has 1 aliphatic rings. The zero-order valence-corrected chi connectivity index (χ0v) is 12.3. The van der Waals surface area contributed by atoms with Gasteiger partial charge in [-0.15, -0.1) is 0 Å². The Hall–Kier alpha value is -1.17. The predicted molar refractivity (Wildman–Crippen MR) is 84.5 cm³/mol. The molecule has 2 aromatic carbocycles. The first-order valence-corrected chi connectivity index (χ1v) is 7.17. The van der Waals surface area contributed by atoms with E-state index in [-0.39, 0.29) is 6.61 Å². The highest BCUT2D eigenvalue weighted by atomic mass is 127. The van der Waals surface area contributed by atoms with Crippen LogP contribution in [0.5, 0.6) is 0 Å². The highest BCUT2D eigenvalue weighted by Crippen LogP contribution is 2.36. The molecular formula is C16H13IO2. The molecule has 96 valence electrons. The summed E-state index contributed by atoms with van der Waals surface area (Å²) < 4.78 is 1.05. The van der Waals surface area contributed by atoms with Crippen LogP contribution in [0, 0.1) is 3.57 Å². The first-order valence-electron chi connectivity index (χ1n) is 6.09. The van der Waals surface area contributed by atoms with E-state index in [0.29, 0.717) is 0 Å². The topological polar surface area (TPSA) is 40.5 Å². The summed E-state index contributed by atoms with van der Waals surface area (Å²) in [6.45, 7) is -0.0202. The third-order valence-corrected chi connectivity index (χ3v) is 4.43. The summed E-state index contributed by atoms with van der Waals surface area (Å²) in [7, 11) is 0. The standard InChI is InChI=1S/C16H13IO2/c17-14-6-2-3-10-7-8-12-11(9-18)4-1-5-13(12)16(19)15(10)14/h1-8,16,18-19H,9H2/t16-/m1/s1. The maximum absolute atomic E-state index is 10.7. The molecule has 0 heterocycles. The molecule has 2 aromatic rings. The van der Waals surface area contributed by atoms with Crippen LogP contribution >= 0.6 is 22.6 Å². The minimum atomic E-state index is -0.653. The van der Waals surface area contributed by atoms with Gasteiger partial charge in [-0.1, -0.05) is 42.5 Å². The minimum Gasteiger partial charge on any atom is -0.392 e. The van der Waals surface area contributed by atoms with E-state index in [1.165, 1.54) is 0 Å². The van der Waals surface area contributed by atoms with Gasteiger partial charge < -0.3 is 10.2 Å². The van der Waals surface area contributed by atoms with E-state index in [2.05, 4.69) is 22.6 Å². The molecule has 0 aliphatic heterocycles. The van der Waals surface area contributed by atoms with Gasteiger partial charge in [0.15, 0.2) is 0 Å². The lowest BCUT2D eigenvalue weighted by atomic mass is 9.94. The smallest absolute Gasteiger partial charge is 0.106 e. The van der Waals surface area contributed by atoms with Gasteiger partial charge in [0.1, 0.15) is 6.10 Å². The quantitative estimate of drug-likeness (QED) is 0.762. The monoisotopic (exact) mass is 364 g/mol. The molecule has 2 N–H and O–H groups in total. The summed E-state index contributed by atoms with van der Waals surface area (Å²) in [5.41, 5.74) is 4.58. The van der Waals surface area contributed by atoms with Gasteiger partial charge in [0.05, 0.1) is 6.61 Å². The van der Waals surface area contributed by atoms with Crippen LogP contribution in [-0.2, 0) is 6.61 Å². The van der Waals surface area contributed by atoms with Crippen LogP contribution in [0.1, 0.15) is 33.9 Å². The number of aliphatic hydroxyl groups is 2. The van der Waals surface area contributed by atoms with Crippen LogP contribution in [0.2, 0.25) is 0 Å². The van der Waals surface area contributed by atoms with Crippen molar-refractivity contribution >= 4 is 34.7 Å². The molecule has 0 bridgehead atoms. The maximum atomic E-state index is 10.7. The number of rotatable bonds is 1. The normalized spacial score (nSPS) is 16.7. The van der Waals surface area contributed by atoms with Gasteiger partial charge in [-0.2, -0.15) is 0 Å². The van der Waals surface area contributed by atoms with Crippen LogP contribution in [0.15, 0.2) is 36.4 Å². The summed E-state index contributed by atoms with van der Waals surface area (Å²) in [6.07, 6.45) is 3.33. The molecule has 1 atom stereocenters. The van der Waals surface area contributed by atoms with Crippen molar-refractivity contribution in [3.63, 3.8) is 0 Å². The highest BCUT2D eigenvalue weighted by molar-refractivity contribution is 14.1. The maximum Gasteiger partial charge on any atom is 0.106 e. The Bertz CT molecular complexity index is 662. The van der Waals surface area contributed by atoms with Gasteiger partial charge in [-0.3, -0.25) is 0 Å². The summed E-state index contributed by atoms with van der Waals surface area (Å²) in [5, 5.41) is 20.1. The van der Waals surface area contributed by atoms with Gasteiger partial charge in [0.25, 0.3) is 0 Å². The average molecular weight is 364 g/mol. The van der Waals surface area contributed by atoms with Crippen LogP contribution in [0.4, 0.5) is 0 Å². The Morgan fingerprint density at radius 1 is 1.05 bits per heavy atom. The molecule has 3 heteroatoms. The Balaban J connectivity index is 2.28. The van der Waals surface area contributed by atoms with E-state index in [0.717, 1.165) is 31.4 Å². The second kappa shape index (κ2) is 5.07. The molecule has 0 fully saturated rings. The van der Waals surface area contributed by atoms with Crippen molar-refractivity contribution in [1.29, 1.82) is 0 Å². The second-order valence-electron chi connectivity index (χ2n) is 4.56. The largest absolute Gasteiger partial charge is 0.392 e. The van der Waals surface area contributed by atoms with Crippen molar-refractivity contribution in [3.8, 4) is 0 Å². The van der Waals surface area contributed by atoms with Gasteiger partial charge in [0, 0.05) is 9.13 Å². The van der Waals surface area contributed by atoms with E-state index < -0.39 is 6.10 Å². The van der Waals surface area contributed by atoms with Crippen molar-refractivity contribution < 1.29 is 10.2 Å². The fourth-order valence-electron chi connectivity index (χ4n) is 2.53. The molecule has 3 rings (SSSR count). The predicted octanol–water partition coefficient (Wildman–Crippen LogP) is 3.35. The number of fused-ring (bicyclic) bond motifs is 2. The number of hydrogen-bond acceptors (Lipinski definition) is 2. The molecule has 0 radical (unpaired) electrons. The van der Waals surface area contributed by atoms with Crippen LogP contribution in [0.25, 0.3) is 12.2 Å². The van der Waals surface area contributed by atoms with Crippen molar-refractivity contribution in [2.45, 2.75) is 12.7 Å². The Morgan fingerprint density at radius 2 is 1.84 bits per heavy atom. The van der Waals surface area contributed by atoms with Crippen LogP contribution in [0.3, 0.4) is 0 Å². The average Bonchev–Trinajstić information content (AvgIpc) is 2.57. The third kappa shape index (κ3) is 2.12. The van der Waals surface area contributed by atoms with Crippen molar-refractivity contribution in [2.24, 2.45) is 0 Å². The second-order valence-corrected chi connectivity index (χ2v) is 5.72. The Morgan fingerprint density at radius 3 is 2.63 bits per heavy atom. The molecule has 0 unspecified atom stereocenters. The first kappa shape index (κ1) is 12.8. The van der Waals surface area contributed by atoms with E-state index >= 15 is 0 Å². The SMILES string of the molecule is OCc1cccc2c1C=Cc1cccc(I)c1[C@@H]2O. The molecule has 0 saturated carbocycles. The molecule has 0 spiro atoms. The summed E-state index contributed by atoms with van der Waals surface area (Å²) in [5.74, 6) is 0. The van der Waals surface area contributed by atoms with Gasteiger partial charge in [0.2, 0.25) is 0 Å². The number of aliphatic hydroxyl groups excluding tert-OH is 2. The molecule has 0 amide bonds. The van der Waals surface area contributed by atoms with Crippen molar-refractivity contribution in [1.82, 2.24) is 0 Å².